The summed E-state index contributed by atoms with van der Waals surface area (Å²) in [6, 6.07) is 3.96. The standard InChI is InChI=1S/C10H9NOS3/c1-2-11-9(12)8(15-10(11)13)6-7-4-3-5-14-7/h3-6H,2H2,1H3/b8-6-. The van der Waals surface area contributed by atoms with Crippen molar-refractivity contribution in [3.63, 3.8) is 0 Å². The van der Waals surface area contributed by atoms with Crippen LogP contribution in [0.4, 0.5) is 0 Å². The summed E-state index contributed by atoms with van der Waals surface area (Å²) >= 11 is 8.12. The Labute approximate surface area is 102 Å². The second kappa shape index (κ2) is 4.47. The fraction of sp³-hybridized carbons (Fsp3) is 0.200. The van der Waals surface area contributed by atoms with E-state index in [1.54, 1.807) is 16.2 Å². The maximum atomic E-state index is 11.8. The molecular weight excluding hydrogens is 246 g/mol. The van der Waals surface area contributed by atoms with Gasteiger partial charge in [-0.15, -0.1) is 11.3 Å². The third-order valence-corrected chi connectivity index (χ3v) is 4.20. The first-order valence-corrected chi connectivity index (χ1v) is 6.61. The summed E-state index contributed by atoms with van der Waals surface area (Å²) in [5.74, 6) is 0.0286. The van der Waals surface area contributed by atoms with E-state index in [-0.39, 0.29) is 5.91 Å². The molecule has 1 fully saturated rings. The molecule has 1 aromatic heterocycles. The van der Waals surface area contributed by atoms with Crippen LogP contribution in [0.3, 0.4) is 0 Å². The topological polar surface area (TPSA) is 20.3 Å². The van der Waals surface area contributed by atoms with Gasteiger partial charge in [0.25, 0.3) is 5.91 Å². The molecule has 15 heavy (non-hydrogen) atoms. The SMILES string of the molecule is CCN1C(=O)/C(=C/c2cccs2)SC1=S. The number of rotatable bonds is 2. The summed E-state index contributed by atoms with van der Waals surface area (Å²) in [4.78, 5) is 15.3. The van der Waals surface area contributed by atoms with Gasteiger partial charge in [-0.2, -0.15) is 0 Å². The lowest BCUT2D eigenvalue weighted by atomic mass is 10.4. The largest absolute Gasteiger partial charge is 0.293 e. The minimum absolute atomic E-state index is 0.0286. The Morgan fingerprint density at radius 1 is 1.60 bits per heavy atom. The van der Waals surface area contributed by atoms with Crippen LogP contribution in [0.15, 0.2) is 22.4 Å². The molecule has 1 saturated heterocycles. The lowest BCUT2D eigenvalue weighted by Crippen LogP contribution is -2.27. The summed E-state index contributed by atoms with van der Waals surface area (Å²) in [6.45, 7) is 2.57. The number of hydrogen-bond donors (Lipinski definition) is 0. The van der Waals surface area contributed by atoms with Gasteiger partial charge >= 0.3 is 0 Å². The van der Waals surface area contributed by atoms with E-state index in [0.717, 1.165) is 9.78 Å². The highest BCUT2D eigenvalue weighted by Crippen LogP contribution is 2.32. The van der Waals surface area contributed by atoms with Gasteiger partial charge in [-0.3, -0.25) is 9.69 Å². The Morgan fingerprint density at radius 3 is 2.93 bits per heavy atom. The molecule has 0 N–H and O–H groups in total. The third kappa shape index (κ3) is 2.14. The zero-order valence-electron chi connectivity index (χ0n) is 8.10. The van der Waals surface area contributed by atoms with Gasteiger partial charge in [0.05, 0.1) is 4.91 Å². The number of carbonyl (C=O) groups is 1. The molecule has 2 nitrogen and oxygen atoms in total. The predicted molar refractivity (Wildman–Crippen MR) is 69.9 cm³/mol. The first kappa shape index (κ1) is 10.9. The maximum absolute atomic E-state index is 11.8. The smallest absolute Gasteiger partial charge is 0.266 e. The Kier molecular flexibility index (Phi) is 3.23. The number of carbonyl (C=O) groups excluding carboxylic acids is 1. The Morgan fingerprint density at radius 2 is 2.40 bits per heavy atom. The zero-order chi connectivity index (χ0) is 10.8. The third-order valence-electron chi connectivity index (χ3n) is 2.01. The normalized spacial score (nSPS) is 19.3. The number of amides is 1. The monoisotopic (exact) mass is 255 g/mol. The molecule has 2 rings (SSSR count). The molecule has 1 aromatic rings. The van der Waals surface area contributed by atoms with Crippen molar-refractivity contribution in [2.45, 2.75) is 6.92 Å². The van der Waals surface area contributed by atoms with Gasteiger partial charge in [0.1, 0.15) is 4.32 Å². The van der Waals surface area contributed by atoms with Crippen LogP contribution in [0.2, 0.25) is 0 Å². The summed E-state index contributed by atoms with van der Waals surface area (Å²) < 4.78 is 0.658. The van der Waals surface area contributed by atoms with E-state index in [0.29, 0.717) is 10.9 Å². The first-order chi connectivity index (χ1) is 7.22. The highest BCUT2D eigenvalue weighted by molar-refractivity contribution is 8.26. The van der Waals surface area contributed by atoms with Crippen LogP contribution < -0.4 is 0 Å². The lowest BCUT2D eigenvalue weighted by molar-refractivity contribution is -0.121. The number of nitrogens with zero attached hydrogens (tertiary/aromatic N) is 1. The number of thiophene rings is 1. The molecule has 0 aliphatic carbocycles. The Bertz CT molecular complexity index is 422. The minimum atomic E-state index is 0.0286. The van der Waals surface area contributed by atoms with E-state index < -0.39 is 0 Å². The van der Waals surface area contributed by atoms with Crippen LogP contribution in [0.25, 0.3) is 6.08 Å². The van der Waals surface area contributed by atoms with E-state index in [9.17, 15) is 4.79 Å². The second-order valence-electron chi connectivity index (χ2n) is 2.94. The van der Waals surface area contributed by atoms with E-state index >= 15 is 0 Å². The highest BCUT2D eigenvalue weighted by atomic mass is 32.2. The van der Waals surface area contributed by atoms with Crippen LogP contribution in [-0.2, 0) is 4.79 Å². The molecule has 78 valence electrons. The molecule has 5 heteroatoms. The zero-order valence-corrected chi connectivity index (χ0v) is 10.5. The van der Waals surface area contributed by atoms with Crippen molar-refractivity contribution < 1.29 is 4.79 Å². The van der Waals surface area contributed by atoms with Crippen molar-refractivity contribution in [3.8, 4) is 0 Å². The molecule has 1 amide bonds. The number of likely N-dealkylation sites (N-methyl/N-ethyl adjacent to an activating group) is 1. The van der Waals surface area contributed by atoms with Gasteiger partial charge < -0.3 is 0 Å². The number of hydrogen-bond acceptors (Lipinski definition) is 4. The molecule has 0 spiro atoms. The van der Waals surface area contributed by atoms with Crippen LogP contribution in [0.5, 0.6) is 0 Å². The molecule has 0 aromatic carbocycles. The molecule has 2 heterocycles. The van der Waals surface area contributed by atoms with Crippen LogP contribution in [-0.4, -0.2) is 21.7 Å². The predicted octanol–water partition coefficient (Wildman–Crippen LogP) is 2.97. The lowest BCUT2D eigenvalue weighted by Gasteiger charge is -2.09. The quantitative estimate of drug-likeness (QED) is 0.598. The van der Waals surface area contributed by atoms with Gasteiger partial charge in [-0.25, -0.2) is 0 Å². The van der Waals surface area contributed by atoms with Gasteiger partial charge in [0.15, 0.2) is 0 Å². The maximum Gasteiger partial charge on any atom is 0.266 e. The van der Waals surface area contributed by atoms with Gasteiger partial charge in [0, 0.05) is 11.4 Å². The van der Waals surface area contributed by atoms with Crippen molar-refractivity contribution in [1.82, 2.24) is 4.90 Å². The molecule has 0 radical (unpaired) electrons. The molecular formula is C10H9NOS3. The fourth-order valence-corrected chi connectivity index (χ4v) is 3.38. The molecule has 1 aliphatic heterocycles. The van der Waals surface area contributed by atoms with Crippen molar-refractivity contribution in [2.75, 3.05) is 6.54 Å². The van der Waals surface area contributed by atoms with Gasteiger partial charge in [0.2, 0.25) is 0 Å². The van der Waals surface area contributed by atoms with Gasteiger partial charge in [-0.1, -0.05) is 30.0 Å². The molecule has 0 atom stereocenters. The summed E-state index contributed by atoms with van der Waals surface area (Å²) in [5, 5.41) is 1.99. The average Bonchev–Trinajstić information content (AvgIpc) is 2.78. The van der Waals surface area contributed by atoms with E-state index in [1.165, 1.54) is 11.8 Å². The van der Waals surface area contributed by atoms with Crippen LogP contribution in [0.1, 0.15) is 11.8 Å². The summed E-state index contributed by atoms with van der Waals surface area (Å²) in [7, 11) is 0. The Balaban J connectivity index is 2.26. The Hall–Kier alpha value is -0.650. The molecule has 0 bridgehead atoms. The summed E-state index contributed by atoms with van der Waals surface area (Å²) in [6.07, 6.45) is 1.90. The number of thiocarbonyl (C=S) groups is 1. The van der Waals surface area contributed by atoms with Crippen LogP contribution in [0, 0.1) is 0 Å². The van der Waals surface area contributed by atoms with Crippen molar-refractivity contribution in [1.29, 1.82) is 0 Å². The van der Waals surface area contributed by atoms with Gasteiger partial charge in [-0.05, 0) is 24.4 Å². The highest BCUT2D eigenvalue weighted by Gasteiger charge is 2.30. The molecule has 0 unspecified atom stereocenters. The second-order valence-corrected chi connectivity index (χ2v) is 5.60. The van der Waals surface area contributed by atoms with E-state index in [4.69, 9.17) is 12.2 Å². The van der Waals surface area contributed by atoms with E-state index in [2.05, 4.69) is 0 Å². The molecule has 0 saturated carbocycles. The average molecular weight is 255 g/mol. The van der Waals surface area contributed by atoms with Crippen molar-refractivity contribution >= 4 is 51.6 Å². The minimum Gasteiger partial charge on any atom is -0.293 e. The molecule has 1 aliphatic rings. The number of thioether (sulfide) groups is 1. The van der Waals surface area contributed by atoms with E-state index in [1.807, 2.05) is 30.5 Å². The van der Waals surface area contributed by atoms with Crippen LogP contribution >= 0.6 is 35.3 Å². The summed E-state index contributed by atoms with van der Waals surface area (Å²) in [5.41, 5.74) is 0. The van der Waals surface area contributed by atoms with Crippen molar-refractivity contribution in [3.05, 3.63) is 27.3 Å². The fourth-order valence-electron chi connectivity index (χ4n) is 1.28. The first-order valence-electron chi connectivity index (χ1n) is 4.51. The van der Waals surface area contributed by atoms with Crippen molar-refractivity contribution in [2.24, 2.45) is 0 Å².